The van der Waals surface area contributed by atoms with Crippen LogP contribution in [-0.2, 0) is 19.1 Å². The minimum atomic E-state index is -0.427. The summed E-state index contributed by atoms with van der Waals surface area (Å²) in [6.07, 6.45) is 4.41. The van der Waals surface area contributed by atoms with Crippen molar-refractivity contribution in [2.24, 2.45) is 10.2 Å². The van der Waals surface area contributed by atoms with E-state index in [1.807, 2.05) is 0 Å². The number of hydrogen-bond donors (Lipinski definition) is 2. The molecule has 10 heteroatoms. The number of ether oxygens (including phenoxy) is 2. The maximum Gasteiger partial charge on any atom is 0.337 e. The van der Waals surface area contributed by atoms with Crippen LogP contribution in [0.5, 0.6) is 0 Å². The summed E-state index contributed by atoms with van der Waals surface area (Å²) in [5.74, 6) is -1.39. The van der Waals surface area contributed by atoms with Crippen molar-refractivity contribution in [2.75, 3.05) is 14.2 Å². The summed E-state index contributed by atoms with van der Waals surface area (Å²) >= 11 is 0. The van der Waals surface area contributed by atoms with E-state index in [2.05, 4.69) is 30.5 Å². The number of benzene rings is 2. The van der Waals surface area contributed by atoms with E-state index in [1.54, 1.807) is 48.5 Å². The minimum absolute atomic E-state index is 0.224. The number of hydrazone groups is 2. The van der Waals surface area contributed by atoms with Gasteiger partial charge in [0.2, 0.25) is 11.8 Å². The topological polar surface area (TPSA) is 136 Å². The molecule has 2 N–H and O–H groups in total. The van der Waals surface area contributed by atoms with E-state index in [0.717, 1.165) is 0 Å². The van der Waals surface area contributed by atoms with Gasteiger partial charge in [0.25, 0.3) is 0 Å². The van der Waals surface area contributed by atoms with E-state index in [4.69, 9.17) is 0 Å². The second kappa shape index (κ2) is 13.9. The lowest BCUT2D eigenvalue weighted by molar-refractivity contribution is -0.123. The van der Waals surface area contributed by atoms with Crippen molar-refractivity contribution in [1.82, 2.24) is 10.9 Å². The molecule has 0 aromatic heterocycles. The molecular weight excluding hydrogens is 440 g/mol. The van der Waals surface area contributed by atoms with E-state index in [1.165, 1.54) is 26.6 Å². The summed E-state index contributed by atoms with van der Waals surface area (Å²) < 4.78 is 9.25. The van der Waals surface area contributed by atoms with Crippen molar-refractivity contribution in [2.45, 2.75) is 25.7 Å². The number of nitrogens with one attached hydrogen (secondary N) is 2. The largest absolute Gasteiger partial charge is 0.465 e. The van der Waals surface area contributed by atoms with Gasteiger partial charge in [0, 0.05) is 12.8 Å². The highest BCUT2D eigenvalue weighted by Crippen LogP contribution is 2.05. The van der Waals surface area contributed by atoms with Gasteiger partial charge in [-0.2, -0.15) is 10.2 Å². The first-order valence-electron chi connectivity index (χ1n) is 10.4. The van der Waals surface area contributed by atoms with Gasteiger partial charge >= 0.3 is 11.9 Å². The molecule has 34 heavy (non-hydrogen) atoms. The van der Waals surface area contributed by atoms with E-state index in [9.17, 15) is 19.2 Å². The molecule has 0 aliphatic rings. The number of hydrogen-bond acceptors (Lipinski definition) is 8. The average Bonchev–Trinajstić information content (AvgIpc) is 2.86. The van der Waals surface area contributed by atoms with E-state index >= 15 is 0 Å². The normalized spacial score (nSPS) is 10.8. The Balaban J connectivity index is 1.61. The summed E-state index contributed by atoms with van der Waals surface area (Å²) in [6.45, 7) is 0. The van der Waals surface area contributed by atoms with Crippen LogP contribution < -0.4 is 10.9 Å². The first-order valence-corrected chi connectivity index (χ1v) is 10.4. The highest BCUT2D eigenvalue weighted by molar-refractivity contribution is 5.91. The maximum atomic E-state index is 11.8. The SMILES string of the molecule is COC(=O)c1ccc(C=NNC(=O)CCCCC(=O)NN=Cc2ccc(C(=O)OC)cc2)cc1. The zero-order chi connectivity index (χ0) is 24.8. The molecule has 0 unspecified atom stereocenters. The van der Waals surface area contributed by atoms with Gasteiger partial charge < -0.3 is 9.47 Å². The zero-order valence-electron chi connectivity index (χ0n) is 18.9. The quantitative estimate of drug-likeness (QED) is 0.226. The van der Waals surface area contributed by atoms with Gasteiger partial charge in [-0.3, -0.25) is 9.59 Å². The molecule has 0 radical (unpaired) electrons. The number of esters is 2. The van der Waals surface area contributed by atoms with Crippen LogP contribution in [0.15, 0.2) is 58.7 Å². The van der Waals surface area contributed by atoms with Crippen molar-refractivity contribution in [3.63, 3.8) is 0 Å². The number of rotatable bonds is 11. The first-order chi connectivity index (χ1) is 16.4. The lowest BCUT2D eigenvalue weighted by Gasteiger charge is -2.02. The molecule has 0 aliphatic heterocycles. The Morgan fingerprint density at radius 3 is 1.35 bits per heavy atom. The molecule has 2 aromatic carbocycles. The Hall–Kier alpha value is -4.34. The number of unbranched alkanes of at least 4 members (excludes halogenated alkanes) is 1. The van der Waals surface area contributed by atoms with Gasteiger partial charge in [0.05, 0.1) is 37.8 Å². The molecule has 0 heterocycles. The predicted octanol–water partition coefficient (Wildman–Crippen LogP) is 2.42. The van der Waals surface area contributed by atoms with Crippen molar-refractivity contribution in [3.05, 3.63) is 70.8 Å². The second-order valence-corrected chi connectivity index (χ2v) is 7.02. The Morgan fingerprint density at radius 1 is 0.676 bits per heavy atom. The van der Waals surface area contributed by atoms with Gasteiger partial charge in [-0.05, 0) is 48.2 Å². The second-order valence-electron chi connectivity index (χ2n) is 7.02. The third-order valence-corrected chi connectivity index (χ3v) is 4.53. The average molecular weight is 466 g/mol. The summed E-state index contributed by atoms with van der Waals surface area (Å²) in [6, 6.07) is 13.1. The Labute approximate surface area is 197 Å². The fourth-order valence-electron chi connectivity index (χ4n) is 2.69. The van der Waals surface area contributed by atoms with Crippen LogP contribution in [-0.4, -0.2) is 50.4 Å². The minimum Gasteiger partial charge on any atom is -0.465 e. The molecule has 0 bridgehead atoms. The van der Waals surface area contributed by atoms with Crippen LogP contribution in [0.3, 0.4) is 0 Å². The van der Waals surface area contributed by atoms with Crippen molar-refractivity contribution >= 4 is 36.2 Å². The van der Waals surface area contributed by atoms with E-state index < -0.39 is 11.9 Å². The predicted molar refractivity (Wildman–Crippen MR) is 126 cm³/mol. The lowest BCUT2D eigenvalue weighted by Crippen LogP contribution is -2.19. The number of carbonyl (C=O) groups excluding carboxylic acids is 4. The molecule has 2 amide bonds. The summed E-state index contributed by atoms with van der Waals surface area (Å²) in [5, 5.41) is 7.75. The van der Waals surface area contributed by atoms with Crippen LogP contribution in [0.1, 0.15) is 57.5 Å². The van der Waals surface area contributed by atoms with Crippen LogP contribution >= 0.6 is 0 Å². The first kappa shape index (κ1) is 25.9. The summed E-state index contributed by atoms with van der Waals surface area (Å²) in [7, 11) is 2.62. The molecule has 0 aliphatic carbocycles. The summed E-state index contributed by atoms with van der Waals surface area (Å²) in [4.78, 5) is 46.4. The van der Waals surface area contributed by atoms with Gasteiger partial charge in [0.1, 0.15) is 0 Å². The standard InChI is InChI=1S/C24H26N4O6/c1-33-23(31)19-11-7-17(8-12-19)15-25-27-21(29)5-3-4-6-22(30)28-26-16-18-9-13-20(14-10-18)24(32)34-2/h7-16H,3-6H2,1-2H3,(H,27,29)(H,28,30). The molecule has 0 fully saturated rings. The van der Waals surface area contributed by atoms with Gasteiger partial charge in [-0.25, -0.2) is 20.4 Å². The molecular formula is C24H26N4O6. The van der Waals surface area contributed by atoms with E-state index in [-0.39, 0.29) is 24.7 Å². The third kappa shape index (κ3) is 9.03. The van der Waals surface area contributed by atoms with Crippen LogP contribution in [0.2, 0.25) is 0 Å². The lowest BCUT2D eigenvalue weighted by atomic mass is 10.1. The molecule has 0 saturated carbocycles. The number of amides is 2. The highest BCUT2D eigenvalue weighted by atomic mass is 16.5. The van der Waals surface area contributed by atoms with Crippen LogP contribution in [0, 0.1) is 0 Å². The number of methoxy groups -OCH3 is 2. The van der Waals surface area contributed by atoms with Crippen LogP contribution in [0.25, 0.3) is 0 Å². The highest BCUT2D eigenvalue weighted by Gasteiger charge is 2.05. The fraction of sp³-hybridized carbons (Fsp3) is 0.250. The van der Waals surface area contributed by atoms with Crippen molar-refractivity contribution in [3.8, 4) is 0 Å². The third-order valence-electron chi connectivity index (χ3n) is 4.53. The molecule has 178 valence electrons. The zero-order valence-corrected chi connectivity index (χ0v) is 18.9. The van der Waals surface area contributed by atoms with Crippen molar-refractivity contribution in [1.29, 1.82) is 0 Å². The smallest absolute Gasteiger partial charge is 0.337 e. The van der Waals surface area contributed by atoms with Crippen molar-refractivity contribution < 1.29 is 28.7 Å². The molecule has 0 spiro atoms. The number of nitrogens with zero attached hydrogens (tertiary/aromatic N) is 2. The molecule has 2 aromatic rings. The van der Waals surface area contributed by atoms with Gasteiger partial charge in [-0.1, -0.05) is 24.3 Å². The Kier molecular flexibility index (Phi) is 10.6. The number of carbonyl (C=O) groups is 4. The van der Waals surface area contributed by atoms with E-state index in [0.29, 0.717) is 35.1 Å². The van der Waals surface area contributed by atoms with Crippen LogP contribution in [0.4, 0.5) is 0 Å². The maximum absolute atomic E-state index is 11.8. The van der Waals surface area contributed by atoms with Gasteiger partial charge in [-0.15, -0.1) is 0 Å². The van der Waals surface area contributed by atoms with Gasteiger partial charge in [0.15, 0.2) is 0 Å². The Morgan fingerprint density at radius 2 is 1.03 bits per heavy atom. The Bertz CT molecular complexity index is 961. The molecule has 10 nitrogen and oxygen atoms in total. The molecule has 2 rings (SSSR count). The monoisotopic (exact) mass is 466 g/mol. The molecule has 0 atom stereocenters. The molecule has 0 saturated heterocycles. The fourth-order valence-corrected chi connectivity index (χ4v) is 2.69. The summed E-state index contributed by atoms with van der Waals surface area (Å²) in [5.41, 5.74) is 7.11.